The molecule has 2 aromatic carbocycles. The predicted molar refractivity (Wildman–Crippen MR) is 124 cm³/mol. The summed E-state index contributed by atoms with van der Waals surface area (Å²) in [4.78, 5) is 2.84. The van der Waals surface area contributed by atoms with Gasteiger partial charge in [-0.1, -0.05) is 68.3 Å². The molecule has 2 N–H and O–H groups in total. The molecule has 2 aromatic rings. The van der Waals surface area contributed by atoms with Gasteiger partial charge in [0.2, 0.25) is 0 Å². The fraction of sp³-hybridized carbons (Fsp3) is 0.391. The summed E-state index contributed by atoms with van der Waals surface area (Å²) in [6, 6.07) is 17.3. The van der Waals surface area contributed by atoms with Gasteiger partial charge < -0.3 is 15.3 Å². The van der Waals surface area contributed by atoms with Crippen LogP contribution in [-0.2, 0) is 6.42 Å². The number of hydrogen-bond acceptors (Lipinski definition) is 3. The molecule has 1 aliphatic heterocycles. The van der Waals surface area contributed by atoms with Crippen LogP contribution in [0.2, 0.25) is 0 Å². The molecule has 2 aliphatic rings. The van der Waals surface area contributed by atoms with Crippen molar-refractivity contribution in [1.29, 1.82) is 0 Å². The van der Waals surface area contributed by atoms with Gasteiger partial charge in [0.25, 0.3) is 0 Å². The molecule has 0 amide bonds. The number of nitrogens with zero attached hydrogens (tertiary/aromatic N) is 1. The summed E-state index contributed by atoms with van der Waals surface area (Å²) in [7, 11) is 0. The maximum atomic E-state index is 10.7. The van der Waals surface area contributed by atoms with Crippen molar-refractivity contribution in [3.05, 3.63) is 70.2 Å². The fourth-order valence-electron chi connectivity index (χ4n) is 4.28. The Bertz CT molecular complexity index is 840. The Hall–Kier alpha value is -1.14. The lowest BCUT2D eigenvalue weighted by molar-refractivity contribution is 0.175. The second-order valence-corrected chi connectivity index (χ2v) is 9.73. The molecule has 0 saturated carbocycles. The first-order valence-corrected chi connectivity index (χ1v) is 11.7. The highest BCUT2D eigenvalue weighted by molar-refractivity contribution is 9.10. The predicted octanol–water partition coefficient (Wildman–Crippen LogP) is 4.77. The number of β-amino-alcohol motifs (C(OH)–C–C–N with tert-alkyl or cyclic N) is 1. The summed E-state index contributed by atoms with van der Waals surface area (Å²) in [6.45, 7) is 2.15. The summed E-state index contributed by atoms with van der Waals surface area (Å²) in [5.74, 6) is 0. The maximum Gasteiger partial charge on any atom is 0.0839 e. The number of anilines is 1. The number of aliphatic hydroxyl groups excluding tert-OH is 1. The van der Waals surface area contributed by atoms with Gasteiger partial charge in [-0.25, -0.2) is 0 Å². The van der Waals surface area contributed by atoms with Gasteiger partial charge in [-0.3, -0.25) is 0 Å². The SMILES string of the molecule is OC(CNCCc1ccccc1)CN1c2ccc(Br)cc2C2=CC(Br)CCC21. The molecular weight excluding hydrogens is 480 g/mol. The van der Waals surface area contributed by atoms with E-state index in [1.54, 1.807) is 0 Å². The van der Waals surface area contributed by atoms with E-state index in [1.807, 2.05) is 6.07 Å². The number of fused-ring (bicyclic) bond motifs is 3. The van der Waals surface area contributed by atoms with Crippen LogP contribution in [0.25, 0.3) is 5.57 Å². The number of benzene rings is 2. The highest BCUT2D eigenvalue weighted by Crippen LogP contribution is 2.46. The van der Waals surface area contributed by atoms with E-state index in [4.69, 9.17) is 0 Å². The molecule has 28 heavy (non-hydrogen) atoms. The van der Waals surface area contributed by atoms with E-state index in [1.165, 1.54) is 22.4 Å². The normalized spacial score (nSPS) is 21.8. The summed E-state index contributed by atoms with van der Waals surface area (Å²) in [5, 5.41) is 14.1. The Morgan fingerprint density at radius 3 is 2.79 bits per heavy atom. The van der Waals surface area contributed by atoms with Crippen molar-refractivity contribution >= 4 is 43.1 Å². The Morgan fingerprint density at radius 1 is 1.14 bits per heavy atom. The first kappa shape index (κ1) is 20.1. The molecule has 5 heteroatoms. The van der Waals surface area contributed by atoms with Crippen molar-refractivity contribution < 1.29 is 5.11 Å². The highest BCUT2D eigenvalue weighted by atomic mass is 79.9. The molecule has 3 unspecified atom stereocenters. The first-order valence-electron chi connectivity index (χ1n) is 9.97. The molecule has 1 aliphatic carbocycles. The Balaban J connectivity index is 1.38. The average Bonchev–Trinajstić information content (AvgIpc) is 2.98. The number of allylic oxidation sites excluding steroid dienone is 1. The summed E-state index contributed by atoms with van der Waals surface area (Å²) in [5.41, 5.74) is 5.26. The lowest BCUT2D eigenvalue weighted by atomic mass is 9.92. The van der Waals surface area contributed by atoms with E-state index in [-0.39, 0.29) is 0 Å². The lowest BCUT2D eigenvalue weighted by Gasteiger charge is -2.32. The zero-order valence-electron chi connectivity index (χ0n) is 15.8. The van der Waals surface area contributed by atoms with Gasteiger partial charge >= 0.3 is 0 Å². The van der Waals surface area contributed by atoms with Gasteiger partial charge in [-0.15, -0.1) is 0 Å². The summed E-state index contributed by atoms with van der Waals surface area (Å²) >= 11 is 7.37. The van der Waals surface area contributed by atoms with Crippen LogP contribution in [0.4, 0.5) is 5.69 Å². The minimum Gasteiger partial charge on any atom is -0.390 e. The third-order valence-corrected chi connectivity index (χ3v) is 6.83. The largest absolute Gasteiger partial charge is 0.390 e. The van der Waals surface area contributed by atoms with Crippen LogP contribution in [-0.4, -0.2) is 41.7 Å². The maximum absolute atomic E-state index is 10.7. The number of aliphatic hydroxyl groups is 1. The third-order valence-electron chi connectivity index (χ3n) is 5.61. The topological polar surface area (TPSA) is 35.5 Å². The molecule has 0 aromatic heterocycles. The molecule has 148 valence electrons. The van der Waals surface area contributed by atoms with E-state index in [2.05, 4.69) is 90.6 Å². The number of hydrogen-bond donors (Lipinski definition) is 2. The van der Waals surface area contributed by atoms with Crippen LogP contribution in [0, 0.1) is 0 Å². The molecule has 4 rings (SSSR count). The summed E-state index contributed by atoms with van der Waals surface area (Å²) < 4.78 is 1.10. The number of nitrogens with one attached hydrogen (secondary N) is 1. The molecular formula is C23H26Br2N2O. The van der Waals surface area contributed by atoms with E-state index in [0.29, 0.717) is 24.0 Å². The monoisotopic (exact) mass is 504 g/mol. The van der Waals surface area contributed by atoms with Gasteiger partial charge in [-0.05, 0) is 55.1 Å². The number of halogens is 2. The van der Waals surface area contributed by atoms with Gasteiger partial charge in [0.05, 0.1) is 12.1 Å². The minimum absolute atomic E-state index is 0.372. The Kier molecular flexibility index (Phi) is 6.56. The highest BCUT2D eigenvalue weighted by Gasteiger charge is 2.37. The molecule has 3 nitrogen and oxygen atoms in total. The smallest absolute Gasteiger partial charge is 0.0839 e. The van der Waals surface area contributed by atoms with Crippen LogP contribution in [0.1, 0.15) is 24.0 Å². The zero-order valence-corrected chi connectivity index (χ0v) is 19.0. The fourth-order valence-corrected chi connectivity index (χ4v) is 5.19. The first-order chi connectivity index (χ1) is 13.6. The molecule has 0 fully saturated rings. The Labute approximate surface area is 184 Å². The van der Waals surface area contributed by atoms with Crippen molar-refractivity contribution in [3.8, 4) is 0 Å². The second-order valence-electron chi connectivity index (χ2n) is 7.64. The van der Waals surface area contributed by atoms with E-state index < -0.39 is 6.10 Å². The standard InChI is InChI=1S/C23H26Br2N2O/c24-17-6-8-22-20(12-17)21-13-18(25)7-9-23(21)27(22)15-19(28)14-26-11-10-16-4-2-1-3-5-16/h1-6,8,12-13,18-19,23,26,28H,7,9-11,14-15H2. The van der Waals surface area contributed by atoms with Gasteiger partial charge in [-0.2, -0.15) is 0 Å². The Morgan fingerprint density at radius 2 is 1.96 bits per heavy atom. The van der Waals surface area contributed by atoms with Crippen LogP contribution >= 0.6 is 31.9 Å². The van der Waals surface area contributed by atoms with Crippen molar-refractivity contribution in [2.45, 2.75) is 36.2 Å². The van der Waals surface area contributed by atoms with Crippen LogP contribution < -0.4 is 10.2 Å². The third kappa shape index (κ3) is 4.54. The van der Waals surface area contributed by atoms with Crippen LogP contribution in [0.5, 0.6) is 0 Å². The van der Waals surface area contributed by atoms with Gasteiger partial charge in [0.15, 0.2) is 0 Å². The number of rotatable bonds is 7. The summed E-state index contributed by atoms with van der Waals surface area (Å²) in [6.07, 6.45) is 5.18. The van der Waals surface area contributed by atoms with Crippen molar-refractivity contribution in [3.63, 3.8) is 0 Å². The van der Waals surface area contributed by atoms with Crippen molar-refractivity contribution in [2.24, 2.45) is 0 Å². The molecule has 0 radical (unpaired) electrons. The minimum atomic E-state index is -0.395. The molecule has 0 bridgehead atoms. The molecule has 0 saturated heterocycles. The van der Waals surface area contributed by atoms with E-state index in [9.17, 15) is 5.11 Å². The van der Waals surface area contributed by atoms with Crippen molar-refractivity contribution in [2.75, 3.05) is 24.5 Å². The molecule has 1 heterocycles. The van der Waals surface area contributed by atoms with Gasteiger partial charge in [0, 0.05) is 33.6 Å². The van der Waals surface area contributed by atoms with Crippen LogP contribution in [0.3, 0.4) is 0 Å². The molecule has 3 atom stereocenters. The van der Waals surface area contributed by atoms with Crippen molar-refractivity contribution in [1.82, 2.24) is 5.32 Å². The lowest BCUT2D eigenvalue weighted by Crippen LogP contribution is -2.43. The number of alkyl halides is 1. The van der Waals surface area contributed by atoms with Gasteiger partial charge in [0.1, 0.15) is 0 Å². The quantitative estimate of drug-likeness (QED) is 0.420. The molecule has 0 spiro atoms. The van der Waals surface area contributed by atoms with E-state index in [0.717, 1.165) is 30.3 Å². The van der Waals surface area contributed by atoms with E-state index >= 15 is 0 Å². The average molecular weight is 506 g/mol. The second kappa shape index (κ2) is 9.12. The van der Waals surface area contributed by atoms with Crippen LogP contribution in [0.15, 0.2) is 59.1 Å². The zero-order chi connectivity index (χ0) is 19.5.